The van der Waals surface area contributed by atoms with Gasteiger partial charge in [-0.3, -0.25) is 14.3 Å². The number of rotatable bonds is 5. The van der Waals surface area contributed by atoms with E-state index >= 15 is 0 Å². The first-order valence-electron chi connectivity index (χ1n) is 12.5. The Balaban J connectivity index is 1.84. The van der Waals surface area contributed by atoms with Crippen molar-refractivity contribution in [3.8, 4) is 0 Å². The third-order valence-electron chi connectivity index (χ3n) is 7.83. The Morgan fingerprint density at radius 2 is 1.62 bits per heavy atom. The summed E-state index contributed by atoms with van der Waals surface area (Å²) in [6, 6.07) is 1.37. The van der Waals surface area contributed by atoms with E-state index in [9.17, 15) is 9.59 Å². The highest BCUT2D eigenvalue weighted by Gasteiger charge is 2.67. The van der Waals surface area contributed by atoms with E-state index < -0.39 is 39.3 Å². The molecule has 4 heterocycles. The zero-order valence-electron chi connectivity index (χ0n) is 21.6. The molecule has 0 bridgehead atoms. The van der Waals surface area contributed by atoms with E-state index in [-0.39, 0.29) is 34.4 Å². The lowest BCUT2D eigenvalue weighted by atomic mass is 9.94. The Morgan fingerprint density at radius 3 is 2.09 bits per heavy atom. The zero-order valence-corrected chi connectivity index (χ0v) is 24.4. The highest BCUT2D eigenvalue weighted by molar-refractivity contribution is 8.02. The molecule has 3 saturated heterocycles. The number of fused-ring (bicyclic) bond motifs is 2. The van der Waals surface area contributed by atoms with Gasteiger partial charge in [0.05, 0.1) is 17.5 Å². The van der Waals surface area contributed by atoms with Gasteiger partial charge in [0.2, 0.25) is 0 Å². The lowest BCUT2D eigenvalue weighted by Gasteiger charge is -2.54. The summed E-state index contributed by atoms with van der Waals surface area (Å²) in [5.41, 5.74) is 0.0722. The largest absolute Gasteiger partial charge is 0.414 e. The number of nitrogens with zero attached hydrogens (tertiary/aromatic N) is 1. The van der Waals surface area contributed by atoms with Crippen LogP contribution < -0.4 is 11.2 Å². The van der Waals surface area contributed by atoms with E-state index in [0.29, 0.717) is 6.61 Å². The molecular weight excluding hydrogens is 489 g/mol. The van der Waals surface area contributed by atoms with Gasteiger partial charge < -0.3 is 17.7 Å². The lowest BCUT2D eigenvalue weighted by Crippen LogP contribution is -2.67. The van der Waals surface area contributed by atoms with Crippen LogP contribution >= 0.6 is 11.8 Å². The maximum atomic E-state index is 12.8. The molecule has 192 valence electrons. The molecule has 0 unspecified atom stereocenters. The van der Waals surface area contributed by atoms with E-state index in [1.165, 1.54) is 10.6 Å². The molecular formula is C23H40N2O6SSi2. The Morgan fingerprint density at radius 1 is 1.03 bits per heavy atom. The molecule has 1 aromatic rings. The highest BCUT2D eigenvalue weighted by atomic mass is 32.2. The van der Waals surface area contributed by atoms with E-state index in [0.717, 1.165) is 12.2 Å². The molecule has 1 N–H and O–H groups in total. The second-order valence-corrected chi connectivity index (χ2v) is 21.4. The second kappa shape index (κ2) is 9.31. The first-order valence-corrected chi connectivity index (χ1v) is 17.4. The van der Waals surface area contributed by atoms with Crippen molar-refractivity contribution < 1.29 is 17.7 Å². The minimum Gasteiger partial charge on any atom is -0.414 e. The quantitative estimate of drug-likeness (QED) is 0.571. The van der Waals surface area contributed by atoms with Crippen LogP contribution in [0.2, 0.25) is 22.2 Å². The number of ether oxygens (including phenoxy) is 1. The minimum atomic E-state index is -2.79. The molecule has 0 amide bonds. The van der Waals surface area contributed by atoms with Gasteiger partial charge in [0, 0.05) is 12.3 Å². The smallest absolute Gasteiger partial charge is 0.335 e. The topological polar surface area (TPSA) is 91.8 Å². The molecule has 11 heteroatoms. The molecule has 1 spiro atoms. The van der Waals surface area contributed by atoms with Crippen molar-refractivity contribution in [2.24, 2.45) is 0 Å². The van der Waals surface area contributed by atoms with Crippen LogP contribution in [0.4, 0.5) is 0 Å². The number of hydrogen-bond acceptors (Lipinski definition) is 7. The van der Waals surface area contributed by atoms with Crippen molar-refractivity contribution in [1.29, 1.82) is 0 Å². The highest BCUT2D eigenvalue weighted by Crippen LogP contribution is 2.60. The number of aromatic amines is 1. The molecule has 3 aliphatic rings. The van der Waals surface area contributed by atoms with Crippen LogP contribution in [0.3, 0.4) is 0 Å². The number of H-pyrrole nitrogens is 1. The average Bonchev–Trinajstić information content (AvgIpc) is 3.00. The molecule has 3 fully saturated rings. The van der Waals surface area contributed by atoms with E-state index in [1.807, 2.05) is 0 Å². The van der Waals surface area contributed by atoms with Gasteiger partial charge >= 0.3 is 22.8 Å². The first kappa shape index (κ1) is 26.4. The summed E-state index contributed by atoms with van der Waals surface area (Å²) in [5, 5.41) is 0. The van der Waals surface area contributed by atoms with Crippen molar-refractivity contribution in [3.63, 3.8) is 0 Å². The maximum absolute atomic E-state index is 12.8. The van der Waals surface area contributed by atoms with Crippen LogP contribution in [-0.4, -0.2) is 56.0 Å². The summed E-state index contributed by atoms with van der Waals surface area (Å²) >= 11 is 1.79. The SMILES string of the molecule is CC(C)[Si]1(C(C)C)OC[C@H]2O[C@@H](n3ccc(=O)[nH]c3=O)[C@@]3(CCS3)[C@@H]2O[Si](C(C)C)(C(C)C)O1. The fourth-order valence-electron chi connectivity index (χ4n) is 5.90. The minimum absolute atomic E-state index is 0.219. The standard InChI is InChI=1S/C23H40N2O6SSi2/c1-14(2)33(15(3)4)28-13-18-20(30-34(31-33,16(5)6)17(7)8)23(10-12-32-23)21(29-18)25-11-9-19(26)24-22(25)27/h9,11,14-18,20-21H,10,12-13H2,1-8H3,(H,24,26,27)/t18-,20-,21-,23-/m1/s1. The van der Waals surface area contributed by atoms with Crippen LogP contribution in [0, 0.1) is 0 Å². The summed E-state index contributed by atoms with van der Waals surface area (Å²) in [7, 11) is -5.46. The number of thioether (sulfide) groups is 1. The summed E-state index contributed by atoms with van der Waals surface area (Å²) < 4.78 is 29.2. The molecule has 0 aromatic carbocycles. The Kier molecular flexibility index (Phi) is 7.22. The normalized spacial score (nSPS) is 32.8. The van der Waals surface area contributed by atoms with E-state index in [4.69, 9.17) is 17.7 Å². The van der Waals surface area contributed by atoms with Crippen molar-refractivity contribution in [2.45, 2.75) is 107 Å². The predicted molar refractivity (Wildman–Crippen MR) is 139 cm³/mol. The summed E-state index contributed by atoms with van der Waals surface area (Å²) in [5.74, 6) is 0.973. The Bertz CT molecular complexity index is 990. The van der Waals surface area contributed by atoms with Crippen LogP contribution in [0.25, 0.3) is 0 Å². The molecule has 4 rings (SSSR count). The molecule has 0 aliphatic carbocycles. The van der Waals surface area contributed by atoms with Gasteiger partial charge in [-0.2, -0.15) is 0 Å². The van der Waals surface area contributed by atoms with E-state index in [2.05, 4.69) is 60.4 Å². The molecule has 1 aromatic heterocycles. The molecule has 8 nitrogen and oxygen atoms in total. The molecule has 3 aliphatic heterocycles. The van der Waals surface area contributed by atoms with Crippen molar-refractivity contribution >= 4 is 28.9 Å². The summed E-state index contributed by atoms with van der Waals surface area (Å²) in [6.45, 7) is 18.0. The van der Waals surface area contributed by atoms with E-state index in [1.54, 1.807) is 18.0 Å². The summed E-state index contributed by atoms with van der Waals surface area (Å²) in [4.78, 5) is 26.9. The first-order chi connectivity index (χ1) is 15.9. The Hall–Kier alpha value is -0.696. The maximum Gasteiger partial charge on any atom is 0.335 e. The zero-order chi connectivity index (χ0) is 25.1. The second-order valence-electron chi connectivity index (χ2n) is 11.1. The van der Waals surface area contributed by atoms with Crippen LogP contribution in [0.5, 0.6) is 0 Å². The van der Waals surface area contributed by atoms with Crippen molar-refractivity contribution in [1.82, 2.24) is 9.55 Å². The molecule has 0 saturated carbocycles. The monoisotopic (exact) mass is 528 g/mol. The van der Waals surface area contributed by atoms with Crippen molar-refractivity contribution in [3.05, 3.63) is 33.1 Å². The van der Waals surface area contributed by atoms with Crippen LogP contribution in [0.1, 0.15) is 68.0 Å². The number of hydrogen-bond donors (Lipinski definition) is 1. The van der Waals surface area contributed by atoms with Gasteiger partial charge in [-0.15, -0.1) is 11.8 Å². The van der Waals surface area contributed by atoms with Gasteiger partial charge in [-0.1, -0.05) is 55.4 Å². The fraction of sp³-hybridized carbons (Fsp3) is 0.826. The Labute approximate surface area is 208 Å². The molecule has 4 atom stereocenters. The van der Waals surface area contributed by atoms with Gasteiger partial charge in [0.1, 0.15) is 6.10 Å². The van der Waals surface area contributed by atoms with Gasteiger partial charge in [0.25, 0.3) is 5.56 Å². The van der Waals surface area contributed by atoms with Gasteiger partial charge in [-0.05, 0) is 34.3 Å². The molecule has 0 radical (unpaired) electrons. The third-order valence-corrected chi connectivity index (χ3v) is 19.6. The number of aromatic nitrogens is 2. The molecule has 34 heavy (non-hydrogen) atoms. The average molecular weight is 529 g/mol. The predicted octanol–water partition coefficient (Wildman–Crippen LogP) is 4.27. The summed E-state index contributed by atoms with van der Waals surface area (Å²) in [6.07, 6.45) is 1.31. The van der Waals surface area contributed by atoms with Crippen LogP contribution in [-0.2, 0) is 17.7 Å². The van der Waals surface area contributed by atoms with Gasteiger partial charge in [0.15, 0.2) is 6.23 Å². The lowest BCUT2D eigenvalue weighted by molar-refractivity contribution is -0.0571. The fourth-order valence-corrected chi connectivity index (χ4v) is 18.6. The third kappa shape index (κ3) is 3.95. The number of nitrogens with one attached hydrogen (secondary N) is 1. The van der Waals surface area contributed by atoms with Crippen molar-refractivity contribution in [2.75, 3.05) is 12.4 Å². The van der Waals surface area contributed by atoms with Crippen LogP contribution in [0.15, 0.2) is 21.9 Å². The van der Waals surface area contributed by atoms with Gasteiger partial charge in [-0.25, -0.2) is 4.79 Å².